The summed E-state index contributed by atoms with van der Waals surface area (Å²) in [6.45, 7) is 4.15. The van der Waals surface area contributed by atoms with Crippen LogP contribution in [0.4, 0.5) is 0 Å². The number of nitrogens with one attached hydrogen (secondary N) is 1. The van der Waals surface area contributed by atoms with Crippen LogP contribution in [0.2, 0.25) is 0 Å². The standard InChI is InChI=1S/C13H19N5/c1-9-12(10(2)18(4)17-9)5-13(14-3)11-6-15-8-16-7-11/h6-8,13-14H,5H2,1-4H3. The van der Waals surface area contributed by atoms with E-state index in [2.05, 4.69) is 34.2 Å². The smallest absolute Gasteiger partial charge is 0.115 e. The van der Waals surface area contributed by atoms with E-state index in [1.54, 1.807) is 6.33 Å². The Morgan fingerprint density at radius 3 is 2.44 bits per heavy atom. The van der Waals surface area contributed by atoms with Crippen molar-refractivity contribution in [3.05, 3.63) is 41.2 Å². The third kappa shape index (κ3) is 2.41. The van der Waals surface area contributed by atoms with Crippen molar-refractivity contribution in [2.24, 2.45) is 7.05 Å². The molecule has 0 bridgehead atoms. The van der Waals surface area contributed by atoms with Crippen molar-refractivity contribution in [3.63, 3.8) is 0 Å². The predicted octanol–water partition coefficient (Wildman–Crippen LogP) is 1.33. The first kappa shape index (κ1) is 12.7. The highest BCUT2D eigenvalue weighted by Gasteiger charge is 2.16. The molecule has 0 saturated carbocycles. The Morgan fingerprint density at radius 2 is 1.94 bits per heavy atom. The topological polar surface area (TPSA) is 55.6 Å². The molecule has 18 heavy (non-hydrogen) atoms. The molecule has 5 nitrogen and oxygen atoms in total. The van der Waals surface area contributed by atoms with Gasteiger partial charge in [0.15, 0.2) is 0 Å². The molecule has 0 saturated heterocycles. The minimum atomic E-state index is 0.216. The summed E-state index contributed by atoms with van der Waals surface area (Å²) in [5.41, 5.74) is 4.69. The van der Waals surface area contributed by atoms with Gasteiger partial charge >= 0.3 is 0 Å². The number of rotatable bonds is 4. The molecule has 1 N–H and O–H groups in total. The first-order valence-corrected chi connectivity index (χ1v) is 6.04. The second kappa shape index (κ2) is 5.27. The number of aryl methyl sites for hydroxylation is 2. The summed E-state index contributed by atoms with van der Waals surface area (Å²) in [7, 11) is 3.94. The van der Waals surface area contributed by atoms with Gasteiger partial charge in [-0.25, -0.2) is 9.97 Å². The van der Waals surface area contributed by atoms with Gasteiger partial charge in [-0.05, 0) is 32.9 Å². The second-order valence-corrected chi connectivity index (χ2v) is 4.49. The molecule has 1 unspecified atom stereocenters. The van der Waals surface area contributed by atoms with Gasteiger partial charge in [0.2, 0.25) is 0 Å². The maximum Gasteiger partial charge on any atom is 0.115 e. The molecule has 2 aromatic rings. The molecule has 0 aromatic carbocycles. The van der Waals surface area contributed by atoms with Crippen LogP contribution in [0.1, 0.15) is 28.6 Å². The van der Waals surface area contributed by atoms with Crippen LogP contribution in [0.5, 0.6) is 0 Å². The van der Waals surface area contributed by atoms with Gasteiger partial charge in [0.05, 0.1) is 5.69 Å². The molecular formula is C13H19N5. The molecule has 0 aliphatic heterocycles. The monoisotopic (exact) mass is 245 g/mol. The molecule has 0 radical (unpaired) electrons. The summed E-state index contributed by atoms with van der Waals surface area (Å²) in [6.07, 6.45) is 6.16. The Hall–Kier alpha value is -1.75. The Bertz CT molecular complexity index is 518. The van der Waals surface area contributed by atoms with E-state index in [1.165, 1.54) is 11.3 Å². The van der Waals surface area contributed by atoms with Gasteiger partial charge in [-0.15, -0.1) is 0 Å². The van der Waals surface area contributed by atoms with Crippen LogP contribution in [-0.4, -0.2) is 26.8 Å². The van der Waals surface area contributed by atoms with Gasteiger partial charge < -0.3 is 5.32 Å². The van der Waals surface area contributed by atoms with Crippen molar-refractivity contribution in [3.8, 4) is 0 Å². The van der Waals surface area contributed by atoms with E-state index in [-0.39, 0.29) is 6.04 Å². The minimum absolute atomic E-state index is 0.216. The number of hydrogen-bond donors (Lipinski definition) is 1. The van der Waals surface area contributed by atoms with Crippen molar-refractivity contribution in [1.82, 2.24) is 25.1 Å². The number of nitrogens with zero attached hydrogens (tertiary/aromatic N) is 4. The van der Waals surface area contributed by atoms with E-state index in [0.717, 1.165) is 17.7 Å². The summed E-state index contributed by atoms with van der Waals surface area (Å²) >= 11 is 0. The molecule has 0 fully saturated rings. The fourth-order valence-corrected chi connectivity index (χ4v) is 2.19. The molecule has 2 rings (SSSR count). The maximum atomic E-state index is 4.45. The molecule has 0 aliphatic carbocycles. The van der Waals surface area contributed by atoms with Crippen molar-refractivity contribution >= 4 is 0 Å². The van der Waals surface area contributed by atoms with Gasteiger partial charge in [0.25, 0.3) is 0 Å². The van der Waals surface area contributed by atoms with E-state index in [1.807, 2.05) is 31.2 Å². The van der Waals surface area contributed by atoms with Crippen LogP contribution in [-0.2, 0) is 13.5 Å². The Labute approximate surface area is 107 Å². The molecule has 96 valence electrons. The SMILES string of the molecule is CNC(Cc1c(C)nn(C)c1C)c1cncnc1. The maximum absolute atomic E-state index is 4.45. The molecule has 2 aromatic heterocycles. The molecule has 5 heteroatoms. The molecular weight excluding hydrogens is 226 g/mol. The largest absolute Gasteiger partial charge is 0.313 e. The van der Waals surface area contributed by atoms with Gasteiger partial charge in [-0.2, -0.15) is 5.10 Å². The number of hydrogen-bond acceptors (Lipinski definition) is 4. The average Bonchev–Trinajstić information content (AvgIpc) is 2.62. The van der Waals surface area contributed by atoms with Crippen LogP contribution in [0.15, 0.2) is 18.7 Å². The lowest BCUT2D eigenvalue weighted by molar-refractivity contribution is 0.584. The Kier molecular flexibility index (Phi) is 3.72. The third-order valence-corrected chi connectivity index (χ3v) is 3.40. The summed E-state index contributed by atoms with van der Waals surface area (Å²) in [5, 5.41) is 7.76. The van der Waals surface area contributed by atoms with Crippen LogP contribution >= 0.6 is 0 Å². The minimum Gasteiger partial charge on any atom is -0.313 e. The molecule has 1 atom stereocenters. The molecule has 2 heterocycles. The highest BCUT2D eigenvalue weighted by molar-refractivity contribution is 5.27. The highest BCUT2D eigenvalue weighted by atomic mass is 15.3. The van der Waals surface area contributed by atoms with Gasteiger partial charge in [-0.1, -0.05) is 0 Å². The van der Waals surface area contributed by atoms with Crippen molar-refractivity contribution in [2.75, 3.05) is 7.05 Å². The first-order chi connectivity index (χ1) is 8.63. The second-order valence-electron chi connectivity index (χ2n) is 4.49. The molecule has 0 spiro atoms. The zero-order chi connectivity index (χ0) is 13.1. The van der Waals surface area contributed by atoms with E-state index < -0.39 is 0 Å². The first-order valence-electron chi connectivity index (χ1n) is 6.04. The van der Waals surface area contributed by atoms with Crippen molar-refractivity contribution < 1.29 is 0 Å². The fraction of sp³-hybridized carbons (Fsp3) is 0.462. The Balaban J connectivity index is 2.26. The molecule has 0 aliphatic rings. The zero-order valence-corrected chi connectivity index (χ0v) is 11.3. The van der Waals surface area contributed by atoms with E-state index in [9.17, 15) is 0 Å². The van der Waals surface area contributed by atoms with Crippen LogP contribution in [0.3, 0.4) is 0 Å². The normalized spacial score (nSPS) is 12.7. The average molecular weight is 245 g/mol. The zero-order valence-electron chi connectivity index (χ0n) is 11.3. The van der Waals surface area contributed by atoms with E-state index in [0.29, 0.717) is 0 Å². The summed E-state index contributed by atoms with van der Waals surface area (Å²) in [4.78, 5) is 8.15. The van der Waals surface area contributed by atoms with Crippen LogP contribution in [0.25, 0.3) is 0 Å². The lowest BCUT2D eigenvalue weighted by Gasteiger charge is -2.16. The third-order valence-electron chi connectivity index (χ3n) is 3.40. The van der Waals surface area contributed by atoms with Gasteiger partial charge in [0.1, 0.15) is 6.33 Å². The quantitative estimate of drug-likeness (QED) is 0.883. The van der Waals surface area contributed by atoms with Crippen molar-refractivity contribution in [2.45, 2.75) is 26.3 Å². The highest BCUT2D eigenvalue weighted by Crippen LogP contribution is 2.21. The summed E-state index contributed by atoms with van der Waals surface area (Å²) in [6, 6.07) is 0.216. The van der Waals surface area contributed by atoms with E-state index >= 15 is 0 Å². The summed E-state index contributed by atoms with van der Waals surface area (Å²) < 4.78 is 1.93. The van der Waals surface area contributed by atoms with Crippen molar-refractivity contribution in [1.29, 1.82) is 0 Å². The molecule has 0 amide bonds. The number of likely N-dealkylation sites (N-methyl/N-ethyl adjacent to an activating group) is 1. The number of aromatic nitrogens is 4. The summed E-state index contributed by atoms with van der Waals surface area (Å²) in [5.74, 6) is 0. The lowest BCUT2D eigenvalue weighted by Crippen LogP contribution is -2.19. The van der Waals surface area contributed by atoms with Crippen LogP contribution < -0.4 is 5.32 Å². The fourth-order valence-electron chi connectivity index (χ4n) is 2.19. The lowest BCUT2D eigenvalue weighted by atomic mass is 10.00. The van der Waals surface area contributed by atoms with Gasteiger partial charge in [0, 0.05) is 36.7 Å². The predicted molar refractivity (Wildman–Crippen MR) is 70.2 cm³/mol. The van der Waals surface area contributed by atoms with E-state index in [4.69, 9.17) is 0 Å². The van der Waals surface area contributed by atoms with Gasteiger partial charge in [-0.3, -0.25) is 4.68 Å². The van der Waals surface area contributed by atoms with Crippen LogP contribution in [0, 0.1) is 13.8 Å². The Morgan fingerprint density at radius 1 is 1.28 bits per heavy atom.